The first-order valence-corrected chi connectivity index (χ1v) is 11.6. The fourth-order valence-corrected chi connectivity index (χ4v) is 7.58. The third kappa shape index (κ3) is 4.83. The zero-order valence-corrected chi connectivity index (χ0v) is 17.6. The summed E-state index contributed by atoms with van der Waals surface area (Å²) in [6.45, 7) is -1.08. The quantitative estimate of drug-likeness (QED) is 0.655. The first-order valence-electron chi connectivity index (χ1n) is 7.69. The molecule has 0 unspecified atom stereocenters. The number of fused-ring (bicyclic) bond motifs is 1. The third-order valence-corrected chi connectivity index (χ3v) is 7.91. The van der Waals surface area contributed by atoms with Crippen molar-refractivity contribution in [2.45, 2.75) is 11.3 Å². The van der Waals surface area contributed by atoms with E-state index in [-0.39, 0.29) is 22.8 Å². The number of sulfone groups is 1. The summed E-state index contributed by atoms with van der Waals surface area (Å²) in [7, 11) is -3.19. The van der Waals surface area contributed by atoms with E-state index in [0.29, 0.717) is 15.9 Å². The van der Waals surface area contributed by atoms with E-state index >= 15 is 0 Å². The first kappa shape index (κ1) is 20.6. The number of benzene rings is 1. The average Bonchev–Trinajstić information content (AvgIpc) is 2.98. The fraction of sp³-hybridized carbons (Fsp3) is 0.400. The van der Waals surface area contributed by atoms with Crippen molar-refractivity contribution in [2.24, 2.45) is 4.99 Å². The molecule has 0 saturated carbocycles. The molecular formula is C15H14BrClN2O6S2. The summed E-state index contributed by atoms with van der Waals surface area (Å²) in [5.41, 5.74) is 0.551. The zero-order valence-electron chi connectivity index (χ0n) is 13.7. The van der Waals surface area contributed by atoms with Gasteiger partial charge in [0, 0.05) is 9.72 Å². The summed E-state index contributed by atoms with van der Waals surface area (Å²) in [5.74, 6) is -1.90. The molecule has 2 aliphatic heterocycles. The topological polar surface area (TPSA) is 113 Å². The Hall–Kier alpha value is -1.14. The van der Waals surface area contributed by atoms with Gasteiger partial charge in [-0.05, 0) is 18.2 Å². The molecule has 0 aromatic heterocycles. The number of carboxylic acid groups (broad SMARTS) is 1. The molecule has 1 N–H and O–H groups in total. The zero-order chi connectivity index (χ0) is 19.8. The van der Waals surface area contributed by atoms with E-state index in [1.54, 1.807) is 23.1 Å². The first-order chi connectivity index (χ1) is 12.7. The van der Waals surface area contributed by atoms with E-state index in [1.807, 2.05) is 0 Å². The van der Waals surface area contributed by atoms with Gasteiger partial charge in [0.25, 0.3) is 5.91 Å². The van der Waals surface area contributed by atoms with E-state index in [0.717, 1.165) is 4.47 Å². The van der Waals surface area contributed by atoms with Crippen LogP contribution in [0.5, 0.6) is 0 Å². The van der Waals surface area contributed by atoms with Crippen molar-refractivity contribution in [3.63, 3.8) is 0 Å². The number of carbonyl (C=O) groups excluding carboxylic acids is 1. The van der Waals surface area contributed by atoms with E-state index in [2.05, 4.69) is 20.9 Å². The number of ether oxygens (including phenoxy) is 1. The maximum absolute atomic E-state index is 12.0. The lowest BCUT2D eigenvalue weighted by Crippen LogP contribution is -2.38. The highest BCUT2D eigenvalue weighted by atomic mass is 79.9. The Labute approximate surface area is 173 Å². The highest BCUT2D eigenvalue weighted by molar-refractivity contribution is 9.10. The van der Waals surface area contributed by atoms with Crippen LogP contribution in [0.15, 0.2) is 27.7 Å². The Morgan fingerprint density at radius 2 is 2.11 bits per heavy atom. The lowest BCUT2D eigenvalue weighted by molar-refractivity contribution is -0.143. The average molecular weight is 498 g/mol. The van der Waals surface area contributed by atoms with Gasteiger partial charge in [0.1, 0.15) is 13.2 Å². The molecule has 2 atom stereocenters. The van der Waals surface area contributed by atoms with Gasteiger partial charge in [-0.15, -0.1) is 0 Å². The molecule has 1 amide bonds. The number of amides is 1. The van der Waals surface area contributed by atoms with Crippen molar-refractivity contribution in [2.75, 3.05) is 29.6 Å². The standard InChI is InChI=1S/C15H14BrClN2O6S2/c16-8-1-2-10(9(17)3-8)19-11-6-27(23,24)7-12(11)26-15(19)18-13(20)4-25-5-14(21)22/h1-3,11-12H,4-7H2,(H,21,22)/t11-,12-/m1/s1. The van der Waals surface area contributed by atoms with Crippen molar-refractivity contribution < 1.29 is 27.9 Å². The van der Waals surface area contributed by atoms with Crippen LogP contribution in [0.4, 0.5) is 5.69 Å². The Balaban J connectivity index is 1.89. The van der Waals surface area contributed by atoms with Crippen LogP contribution in [0.1, 0.15) is 0 Å². The summed E-state index contributed by atoms with van der Waals surface area (Å²) >= 11 is 10.9. The summed E-state index contributed by atoms with van der Waals surface area (Å²) < 4.78 is 29.6. The number of aliphatic imine (C=N–C) groups is 1. The van der Waals surface area contributed by atoms with Crippen LogP contribution in [0, 0.1) is 0 Å². The maximum Gasteiger partial charge on any atom is 0.329 e. The van der Waals surface area contributed by atoms with Gasteiger partial charge < -0.3 is 14.7 Å². The van der Waals surface area contributed by atoms with Crippen LogP contribution < -0.4 is 4.90 Å². The maximum atomic E-state index is 12.0. The van der Waals surface area contributed by atoms with Crippen LogP contribution in [0.2, 0.25) is 5.02 Å². The molecule has 1 aromatic rings. The van der Waals surface area contributed by atoms with Crippen LogP contribution in [-0.2, 0) is 24.2 Å². The molecule has 2 heterocycles. The molecule has 12 heteroatoms. The molecule has 3 rings (SSSR count). The molecule has 0 radical (unpaired) electrons. The number of amidine groups is 1. The summed E-state index contributed by atoms with van der Waals surface area (Å²) in [6, 6.07) is 4.78. The minimum Gasteiger partial charge on any atom is -0.480 e. The van der Waals surface area contributed by atoms with Gasteiger partial charge in [-0.1, -0.05) is 39.3 Å². The second kappa shape index (κ2) is 8.08. The van der Waals surface area contributed by atoms with E-state index in [4.69, 9.17) is 21.4 Å². The molecule has 2 fully saturated rings. The fourth-order valence-electron chi connectivity index (χ4n) is 2.89. The second-order valence-corrected chi connectivity index (χ2v) is 10.6. The number of aliphatic carboxylic acids is 1. The number of rotatable bonds is 5. The molecule has 2 saturated heterocycles. The number of carboxylic acids is 1. The number of anilines is 1. The molecule has 2 aliphatic rings. The van der Waals surface area contributed by atoms with Crippen molar-refractivity contribution in [3.05, 3.63) is 27.7 Å². The largest absolute Gasteiger partial charge is 0.480 e. The van der Waals surface area contributed by atoms with Crippen LogP contribution >= 0.6 is 39.3 Å². The minimum atomic E-state index is -3.19. The van der Waals surface area contributed by atoms with Gasteiger partial charge in [-0.2, -0.15) is 4.99 Å². The number of hydrogen-bond donors (Lipinski definition) is 1. The van der Waals surface area contributed by atoms with Gasteiger partial charge in [0.15, 0.2) is 15.0 Å². The van der Waals surface area contributed by atoms with Crippen LogP contribution in [0.25, 0.3) is 0 Å². The monoisotopic (exact) mass is 496 g/mol. The predicted molar refractivity (Wildman–Crippen MR) is 106 cm³/mol. The van der Waals surface area contributed by atoms with Crippen molar-refractivity contribution in [1.82, 2.24) is 0 Å². The molecule has 146 valence electrons. The van der Waals surface area contributed by atoms with Gasteiger partial charge in [-0.3, -0.25) is 4.79 Å². The normalized spacial score (nSPS) is 25.0. The molecule has 0 bridgehead atoms. The van der Waals surface area contributed by atoms with E-state index in [1.165, 1.54) is 11.8 Å². The number of thioether (sulfide) groups is 1. The second-order valence-electron chi connectivity index (χ2n) is 5.94. The molecule has 8 nitrogen and oxygen atoms in total. The minimum absolute atomic E-state index is 0.00426. The van der Waals surface area contributed by atoms with Crippen molar-refractivity contribution in [3.8, 4) is 0 Å². The number of carbonyl (C=O) groups is 2. The van der Waals surface area contributed by atoms with Crippen molar-refractivity contribution >= 4 is 71.9 Å². The highest BCUT2D eigenvalue weighted by Gasteiger charge is 2.49. The Kier molecular flexibility index (Phi) is 6.16. The van der Waals surface area contributed by atoms with Crippen molar-refractivity contribution in [1.29, 1.82) is 0 Å². The highest BCUT2D eigenvalue weighted by Crippen LogP contribution is 2.43. The number of hydrogen-bond acceptors (Lipinski definition) is 6. The molecule has 0 aliphatic carbocycles. The lowest BCUT2D eigenvalue weighted by atomic mass is 10.2. The van der Waals surface area contributed by atoms with Gasteiger partial charge in [0.2, 0.25) is 0 Å². The summed E-state index contributed by atoms with van der Waals surface area (Å²) in [6.07, 6.45) is 0. The predicted octanol–water partition coefficient (Wildman–Crippen LogP) is 1.81. The molecule has 1 aromatic carbocycles. The smallest absolute Gasteiger partial charge is 0.329 e. The third-order valence-electron chi connectivity index (χ3n) is 3.91. The molecular weight excluding hydrogens is 484 g/mol. The van der Waals surface area contributed by atoms with E-state index < -0.39 is 34.9 Å². The van der Waals surface area contributed by atoms with E-state index in [9.17, 15) is 18.0 Å². The van der Waals surface area contributed by atoms with Crippen LogP contribution in [-0.4, -0.2) is 66.6 Å². The SMILES string of the molecule is O=C(O)COCC(=O)N=C1S[C@@H]2CS(=O)(=O)C[C@H]2N1c1ccc(Br)cc1Cl. The van der Waals surface area contributed by atoms with Gasteiger partial charge in [0.05, 0.1) is 28.3 Å². The number of nitrogens with zero attached hydrogens (tertiary/aromatic N) is 2. The molecule has 27 heavy (non-hydrogen) atoms. The summed E-state index contributed by atoms with van der Waals surface area (Å²) in [5, 5.41) is 9.00. The number of halogens is 2. The lowest BCUT2D eigenvalue weighted by Gasteiger charge is -2.25. The Bertz CT molecular complexity index is 923. The molecule has 0 spiro atoms. The van der Waals surface area contributed by atoms with Gasteiger partial charge >= 0.3 is 5.97 Å². The summed E-state index contributed by atoms with van der Waals surface area (Å²) in [4.78, 5) is 28.2. The van der Waals surface area contributed by atoms with Crippen LogP contribution in [0.3, 0.4) is 0 Å². The Morgan fingerprint density at radius 1 is 1.37 bits per heavy atom. The van der Waals surface area contributed by atoms with Gasteiger partial charge in [-0.25, -0.2) is 13.2 Å². The Morgan fingerprint density at radius 3 is 2.78 bits per heavy atom.